The van der Waals surface area contributed by atoms with Crippen molar-refractivity contribution in [1.82, 2.24) is 4.98 Å². The zero-order chi connectivity index (χ0) is 22.5. The molecule has 0 atom stereocenters. The Bertz CT molecular complexity index is 834. The summed E-state index contributed by atoms with van der Waals surface area (Å²) in [6.45, 7) is 9.39. The van der Waals surface area contributed by atoms with Crippen LogP contribution in [-0.4, -0.2) is 31.0 Å². The molecule has 2 aromatic rings. The van der Waals surface area contributed by atoms with Crippen LogP contribution in [0.1, 0.15) is 61.9 Å². The molecule has 0 spiro atoms. The van der Waals surface area contributed by atoms with Crippen molar-refractivity contribution in [3.8, 4) is 11.5 Å². The van der Waals surface area contributed by atoms with Crippen LogP contribution < -0.4 is 9.47 Å². The number of rotatable bonds is 13. The lowest BCUT2D eigenvalue weighted by atomic mass is 10.1. The van der Waals surface area contributed by atoms with Crippen molar-refractivity contribution in [3.63, 3.8) is 0 Å². The smallest absolute Gasteiger partial charge is 0.125 e. The average molecular weight is 425 g/mol. The van der Waals surface area contributed by atoms with Crippen molar-refractivity contribution in [2.45, 2.75) is 59.8 Å². The molecule has 0 saturated heterocycles. The van der Waals surface area contributed by atoms with Crippen molar-refractivity contribution >= 4 is 5.71 Å². The van der Waals surface area contributed by atoms with Crippen LogP contribution in [-0.2, 0) is 11.3 Å². The Balaban J connectivity index is 1.67. The molecule has 1 heterocycles. The first kappa shape index (κ1) is 24.4. The maximum Gasteiger partial charge on any atom is 0.125 e. The second kappa shape index (κ2) is 13.5. The van der Waals surface area contributed by atoms with E-state index in [0.717, 1.165) is 71.9 Å². The molecule has 168 valence electrons. The lowest BCUT2D eigenvalue weighted by molar-refractivity contribution is 0.213. The monoisotopic (exact) mass is 424 g/mol. The first-order valence-electron chi connectivity index (χ1n) is 11.1. The minimum absolute atomic E-state index is 0.594. The Labute approximate surface area is 187 Å². The highest BCUT2D eigenvalue weighted by Gasteiger charge is 2.07. The van der Waals surface area contributed by atoms with Gasteiger partial charge in [-0.05, 0) is 82.3 Å². The second-order valence-corrected chi connectivity index (χ2v) is 7.68. The molecule has 0 saturated carbocycles. The van der Waals surface area contributed by atoms with Gasteiger partial charge in [0.1, 0.15) is 25.2 Å². The van der Waals surface area contributed by atoms with Crippen LogP contribution in [0.5, 0.6) is 11.5 Å². The number of nitrogens with zero attached hydrogens (tertiary/aromatic N) is 2. The van der Waals surface area contributed by atoms with Crippen LogP contribution in [0.25, 0.3) is 0 Å². The van der Waals surface area contributed by atoms with Crippen molar-refractivity contribution in [2.24, 2.45) is 5.16 Å². The Hall–Kier alpha value is -2.82. The van der Waals surface area contributed by atoms with Gasteiger partial charge in [0.15, 0.2) is 0 Å². The van der Waals surface area contributed by atoms with Crippen molar-refractivity contribution in [3.05, 3.63) is 65.0 Å². The van der Waals surface area contributed by atoms with Gasteiger partial charge in [0.05, 0.1) is 12.3 Å². The number of pyridine rings is 1. The van der Waals surface area contributed by atoms with Gasteiger partial charge in [0, 0.05) is 17.5 Å². The van der Waals surface area contributed by atoms with E-state index in [9.17, 15) is 0 Å². The molecule has 1 aromatic heterocycles. The van der Waals surface area contributed by atoms with E-state index in [1.54, 1.807) is 7.11 Å². The van der Waals surface area contributed by atoms with E-state index in [1.807, 2.05) is 44.3 Å². The van der Waals surface area contributed by atoms with Gasteiger partial charge in [-0.2, -0.15) is 0 Å². The molecule has 0 radical (unpaired) electrons. The number of aryl methyl sites for hydroxylation is 3. The largest absolute Gasteiger partial charge is 0.493 e. The molecule has 2 rings (SSSR count). The highest BCUT2D eigenvalue weighted by Crippen LogP contribution is 2.28. The first-order valence-corrected chi connectivity index (χ1v) is 11.1. The third-order valence-electron chi connectivity index (χ3n) is 5.06. The fourth-order valence-corrected chi connectivity index (χ4v) is 3.37. The average Bonchev–Trinajstić information content (AvgIpc) is 2.75. The van der Waals surface area contributed by atoms with E-state index in [-0.39, 0.29) is 0 Å². The van der Waals surface area contributed by atoms with E-state index >= 15 is 0 Å². The van der Waals surface area contributed by atoms with E-state index in [1.165, 1.54) is 6.42 Å². The molecule has 0 bridgehead atoms. The van der Waals surface area contributed by atoms with Gasteiger partial charge in [-0.1, -0.05) is 30.1 Å². The summed E-state index contributed by atoms with van der Waals surface area (Å²) in [7, 11) is 1.55. The standard InChI is InChI=1S/C26H36N2O3/c1-6-7-15-30-25-17-20(2)26(21(3)18-25)31-16-11-9-8-10-12-24-14-13-23(19-27-24)22(4)28-29-5/h6-7,13-14,17-19H,8-12,15-16H2,1-5H3/b7-6+,28-22?. The summed E-state index contributed by atoms with van der Waals surface area (Å²) >= 11 is 0. The molecule has 5 heteroatoms. The van der Waals surface area contributed by atoms with E-state index in [4.69, 9.17) is 14.3 Å². The van der Waals surface area contributed by atoms with Crippen LogP contribution in [0.4, 0.5) is 0 Å². The summed E-state index contributed by atoms with van der Waals surface area (Å²) in [6.07, 6.45) is 11.4. The number of oxime groups is 1. The van der Waals surface area contributed by atoms with Crippen molar-refractivity contribution < 1.29 is 14.3 Å². The summed E-state index contributed by atoms with van der Waals surface area (Å²) in [5, 5.41) is 3.94. The van der Waals surface area contributed by atoms with E-state index in [0.29, 0.717) is 6.61 Å². The zero-order valence-corrected chi connectivity index (χ0v) is 19.6. The number of allylic oxidation sites excluding steroid dienone is 1. The van der Waals surface area contributed by atoms with Crippen LogP contribution in [0.15, 0.2) is 47.8 Å². The molecule has 0 unspecified atom stereocenters. The lowest BCUT2D eigenvalue weighted by Gasteiger charge is -2.14. The second-order valence-electron chi connectivity index (χ2n) is 7.68. The summed E-state index contributed by atoms with van der Waals surface area (Å²) in [5.41, 5.74) is 5.19. The van der Waals surface area contributed by atoms with Gasteiger partial charge < -0.3 is 14.3 Å². The van der Waals surface area contributed by atoms with Gasteiger partial charge in [0.2, 0.25) is 0 Å². The molecule has 0 aliphatic rings. The quantitative estimate of drug-likeness (QED) is 0.166. The van der Waals surface area contributed by atoms with Crippen molar-refractivity contribution in [2.75, 3.05) is 20.3 Å². The SMILES string of the molecule is C/C=C/COc1cc(C)c(OCCCCCCc2ccc(C(C)=NOC)cn2)c(C)c1. The van der Waals surface area contributed by atoms with Gasteiger partial charge in [-0.3, -0.25) is 4.98 Å². The number of hydrogen-bond acceptors (Lipinski definition) is 5. The highest BCUT2D eigenvalue weighted by atomic mass is 16.6. The molecule has 1 aromatic carbocycles. The Kier molecular flexibility index (Phi) is 10.6. The normalized spacial score (nSPS) is 11.7. The zero-order valence-electron chi connectivity index (χ0n) is 19.6. The fourth-order valence-electron chi connectivity index (χ4n) is 3.37. The number of aromatic nitrogens is 1. The molecule has 0 N–H and O–H groups in total. The predicted molar refractivity (Wildman–Crippen MR) is 127 cm³/mol. The number of ether oxygens (including phenoxy) is 2. The summed E-state index contributed by atoms with van der Waals surface area (Å²) < 4.78 is 11.8. The molecular formula is C26H36N2O3. The van der Waals surface area contributed by atoms with Crippen molar-refractivity contribution in [1.29, 1.82) is 0 Å². The van der Waals surface area contributed by atoms with E-state index < -0.39 is 0 Å². The number of unbranched alkanes of at least 4 members (excludes halogenated alkanes) is 3. The maximum absolute atomic E-state index is 6.07. The number of benzene rings is 1. The predicted octanol–water partition coefficient (Wildman–Crippen LogP) is 6.21. The summed E-state index contributed by atoms with van der Waals surface area (Å²) in [5.74, 6) is 1.87. The third kappa shape index (κ3) is 8.44. The molecule has 5 nitrogen and oxygen atoms in total. The minimum atomic E-state index is 0.594. The van der Waals surface area contributed by atoms with Gasteiger partial charge in [0.25, 0.3) is 0 Å². The molecule has 0 aliphatic carbocycles. The topological polar surface area (TPSA) is 52.9 Å². The van der Waals surface area contributed by atoms with Gasteiger partial charge in [-0.15, -0.1) is 0 Å². The molecule has 0 aliphatic heterocycles. The minimum Gasteiger partial charge on any atom is -0.493 e. The van der Waals surface area contributed by atoms with E-state index in [2.05, 4.69) is 36.1 Å². The van der Waals surface area contributed by atoms with Gasteiger partial charge >= 0.3 is 0 Å². The molecule has 0 fully saturated rings. The highest BCUT2D eigenvalue weighted by molar-refractivity contribution is 5.97. The van der Waals surface area contributed by atoms with Crippen LogP contribution >= 0.6 is 0 Å². The summed E-state index contributed by atoms with van der Waals surface area (Å²) in [4.78, 5) is 9.34. The maximum atomic E-state index is 6.07. The molecule has 0 amide bonds. The third-order valence-corrected chi connectivity index (χ3v) is 5.06. The Morgan fingerprint density at radius 1 is 1.03 bits per heavy atom. The van der Waals surface area contributed by atoms with Crippen LogP contribution in [0.3, 0.4) is 0 Å². The Morgan fingerprint density at radius 3 is 2.42 bits per heavy atom. The van der Waals surface area contributed by atoms with Gasteiger partial charge in [-0.25, -0.2) is 0 Å². The molecular weight excluding hydrogens is 388 g/mol. The fraction of sp³-hybridized carbons (Fsp3) is 0.462. The Morgan fingerprint density at radius 2 is 1.77 bits per heavy atom. The van der Waals surface area contributed by atoms with Crippen LogP contribution in [0.2, 0.25) is 0 Å². The van der Waals surface area contributed by atoms with Crippen LogP contribution in [0, 0.1) is 13.8 Å². The lowest BCUT2D eigenvalue weighted by Crippen LogP contribution is -2.02. The number of hydrogen-bond donors (Lipinski definition) is 0. The first-order chi connectivity index (χ1) is 15.0. The summed E-state index contributed by atoms with van der Waals surface area (Å²) in [6, 6.07) is 8.22. The molecule has 31 heavy (non-hydrogen) atoms.